The van der Waals surface area contributed by atoms with E-state index in [0.717, 1.165) is 42.5 Å². The maximum absolute atomic E-state index is 12.9. The van der Waals surface area contributed by atoms with Gasteiger partial charge in [-0.3, -0.25) is 0 Å². The number of hydrogen-bond acceptors (Lipinski definition) is 5. The fourth-order valence-electron chi connectivity index (χ4n) is 4.21. The molecule has 154 valence electrons. The van der Waals surface area contributed by atoms with Crippen molar-refractivity contribution in [3.05, 3.63) is 53.3 Å². The molecular formula is C22H29N5O2. The third-order valence-corrected chi connectivity index (χ3v) is 6.07. The minimum absolute atomic E-state index is 0.104. The Hall–Kier alpha value is -2.67. The highest BCUT2D eigenvalue weighted by Crippen LogP contribution is 2.38. The first-order valence-corrected chi connectivity index (χ1v) is 10.3. The van der Waals surface area contributed by atoms with Crippen molar-refractivity contribution in [1.29, 1.82) is 0 Å². The number of aromatic nitrogens is 2. The van der Waals surface area contributed by atoms with E-state index in [0.29, 0.717) is 19.0 Å². The van der Waals surface area contributed by atoms with Gasteiger partial charge in [0, 0.05) is 24.3 Å². The summed E-state index contributed by atoms with van der Waals surface area (Å²) in [7, 11) is 0. The summed E-state index contributed by atoms with van der Waals surface area (Å²) in [6.07, 6.45) is 5.11. The highest BCUT2D eigenvalue weighted by Gasteiger charge is 2.41. The molecule has 1 aliphatic heterocycles. The molecule has 0 spiro atoms. The zero-order chi connectivity index (χ0) is 20.4. The molecule has 1 saturated carbocycles. The van der Waals surface area contributed by atoms with Crippen LogP contribution in [0, 0.1) is 0 Å². The molecule has 3 N–H and O–H groups in total. The van der Waals surface area contributed by atoms with Crippen LogP contribution in [-0.4, -0.2) is 38.2 Å². The molecule has 2 aromatic rings. The van der Waals surface area contributed by atoms with Crippen molar-refractivity contribution in [2.24, 2.45) is 0 Å². The van der Waals surface area contributed by atoms with Gasteiger partial charge in [-0.05, 0) is 45.1 Å². The van der Waals surface area contributed by atoms with E-state index in [1.165, 1.54) is 0 Å². The number of nitrogens with zero attached hydrogens (tertiary/aromatic N) is 3. The van der Waals surface area contributed by atoms with Gasteiger partial charge >= 0.3 is 6.03 Å². The molecule has 2 aliphatic rings. The van der Waals surface area contributed by atoms with Crippen LogP contribution in [0.1, 0.15) is 56.4 Å². The summed E-state index contributed by atoms with van der Waals surface area (Å²) in [5.41, 5.74) is 2.47. The van der Waals surface area contributed by atoms with Crippen LogP contribution in [0.4, 0.5) is 10.7 Å². The summed E-state index contributed by atoms with van der Waals surface area (Å²) < 4.78 is 0. The van der Waals surface area contributed by atoms with Crippen molar-refractivity contribution in [2.75, 3.05) is 5.32 Å². The molecular weight excluding hydrogens is 366 g/mol. The van der Waals surface area contributed by atoms with Crippen LogP contribution in [-0.2, 0) is 18.6 Å². The summed E-state index contributed by atoms with van der Waals surface area (Å²) in [5.74, 6) is 0.604. The molecule has 0 bridgehead atoms. The van der Waals surface area contributed by atoms with Crippen LogP contribution < -0.4 is 10.6 Å². The van der Waals surface area contributed by atoms with Gasteiger partial charge in [0.25, 0.3) is 0 Å². The fraction of sp³-hybridized carbons (Fsp3) is 0.500. The minimum atomic E-state index is -0.469. The average Bonchev–Trinajstić information content (AvgIpc) is 2.99. The number of aliphatic hydroxyl groups excluding tert-OH is 1. The van der Waals surface area contributed by atoms with E-state index in [1.54, 1.807) is 0 Å². The molecule has 7 heteroatoms. The van der Waals surface area contributed by atoms with Crippen molar-refractivity contribution in [3.8, 4) is 0 Å². The lowest BCUT2D eigenvalue weighted by Crippen LogP contribution is -2.45. The predicted molar refractivity (Wildman–Crippen MR) is 111 cm³/mol. The van der Waals surface area contributed by atoms with Gasteiger partial charge in [-0.15, -0.1) is 0 Å². The van der Waals surface area contributed by atoms with Crippen molar-refractivity contribution in [2.45, 2.75) is 70.3 Å². The number of urea groups is 1. The van der Waals surface area contributed by atoms with Crippen molar-refractivity contribution < 1.29 is 9.90 Å². The van der Waals surface area contributed by atoms with Crippen LogP contribution in [0.3, 0.4) is 0 Å². The van der Waals surface area contributed by atoms with Crippen LogP contribution >= 0.6 is 0 Å². The third kappa shape index (κ3) is 4.19. The molecule has 0 unspecified atom stereocenters. The standard InChI is InChI=1S/C22H29N5O2/c1-22(2)18-13-23-20(25-16-8-10-17(28)11-9-16)26-19(18)14-27(22)21(29)24-12-15-6-4-3-5-7-15/h3-7,13,16-17,28H,8-12,14H2,1-2H3,(H,24,29)(H,23,25,26). The Kier molecular flexibility index (Phi) is 5.41. The van der Waals surface area contributed by atoms with Crippen molar-refractivity contribution in [3.63, 3.8) is 0 Å². The van der Waals surface area contributed by atoms with Crippen LogP contribution in [0.2, 0.25) is 0 Å². The van der Waals surface area contributed by atoms with Gasteiger partial charge in [-0.2, -0.15) is 0 Å². The second-order valence-corrected chi connectivity index (χ2v) is 8.49. The highest BCUT2D eigenvalue weighted by atomic mass is 16.3. The summed E-state index contributed by atoms with van der Waals surface area (Å²) in [6, 6.07) is 10.1. The van der Waals surface area contributed by atoms with Crippen LogP contribution in [0.25, 0.3) is 0 Å². The molecule has 2 heterocycles. The monoisotopic (exact) mass is 395 g/mol. The normalized spacial score (nSPS) is 22.8. The molecule has 1 aromatic heterocycles. The van der Waals surface area contributed by atoms with Gasteiger partial charge < -0.3 is 20.6 Å². The molecule has 2 amide bonds. The van der Waals surface area contributed by atoms with Gasteiger partial charge in [0.15, 0.2) is 0 Å². The fourth-order valence-corrected chi connectivity index (χ4v) is 4.21. The number of hydrogen-bond donors (Lipinski definition) is 3. The van der Waals surface area contributed by atoms with Crippen LogP contribution in [0.5, 0.6) is 0 Å². The number of rotatable bonds is 4. The van der Waals surface area contributed by atoms with Gasteiger partial charge in [0.2, 0.25) is 5.95 Å². The second-order valence-electron chi connectivity index (χ2n) is 8.49. The Morgan fingerprint density at radius 3 is 2.66 bits per heavy atom. The lowest BCUT2D eigenvalue weighted by molar-refractivity contribution is 0.126. The molecule has 1 fully saturated rings. The Bertz CT molecular complexity index is 863. The van der Waals surface area contributed by atoms with Gasteiger partial charge in [-0.25, -0.2) is 14.8 Å². The number of amides is 2. The zero-order valence-electron chi connectivity index (χ0n) is 17.1. The summed E-state index contributed by atoms with van der Waals surface area (Å²) in [5, 5.41) is 16.1. The average molecular weight is 396 g/mol. The van der Waals surface area contributed by atoms with Gasteiger partial charge in [0.1, 0.15) is 0 Å². The number of aliphatic hydroxyl groups is 1. The number of nitrogens with one attached hydrogen (secondary N) is 2. The maximum Gasteiger partial charge on any atom is 0.318 e. The van der Waals surface area contributed by atoms with E-state index >= 15 is 0 Å². The lowest BCUT2D eigenvalue weighted by atomic mass is 9.93. The van der Waals surface area contributed by atoms with Crippen molar-refractivity contribution >= 4 is 12.0 Å². The lowest BCUT2D eigenvalue weighted by Gasteiger charge is -2.32. The SMILES string of the molecule is CC1(C)c2cnc(NC3CCC(O)CC3)nc2CN1C(=O)NCc1ccccc1. The molecule has 7 nitrogen and oxygen atoms in total. The molecule has 0 radical (unpaired) electrons. The molecule has 4 rings (SSSR count). The highest BCUT2D eigenvalue weighted by molar-refractivity contribution is 5.76. The number of carbonyl (C=O) groups is 1. The first kappa shape index (κ1) is 19.6. The maximum atomic E-state index is 12.9. The van der Waals surface area contributed by atoms with E-state index < -0.39 is 5.54 Å². The Morgan fingerprint density at radius 1 is 1.21 bits per heavy atom. The second kappa shape index (κ2) is 7.99. The quantitative estimate of drug-likeness (QED) is 0.740. The van der Waals surface area contributed by atoms with E-state index in [1.807, 2.05) is 55.3 Å². The van der Waals surface area contributed by atoms with Gasteiger partial charge in [0.05, 0.1) is 23.9 Å². The zero-order valence-corrected chi connectivity index (χ0v) is 17.1. The van der Waals surface area contributed by atoms with Crippen molar-refractivity contribution in [1.82, 2.24) is 20.2 Å². The Morgan fingerprint density at radius 2 is 1.93 bits per heavy atom. The molecule has 0 saturated heterocycles. The minimum Gasteiger partial charge on any atom is -0.393 e. The van der Waals surface area contributed by atoms with Crippen LogP contribution in [0.15, 0.2) is 36.5 Å². The predicted octanol–water partition coefficient (Wildman–Crippen LogP) is 3.15. The summed E-state index contributed by atoms with van der Waals surface area (Å²) in [6.45, 7) is 5.01. The Labute approximate surface area is 171 Å². The van der Waals surface area contributed by atoms with E-state index in [9.17, 15) is 9.90 Å². The number of benzene rings is 1. The smallest absolute Gasteiger partial charge is 0.318 e. The first-order chi connectivity index (χ1) is 13.9. The molecule has 1 aromatic carbocycles. The molecule has 1 aliphatic carbocycles. The summed E-state index contributed by atoms with van der Waals surface area (Å²) in [4.78, 5) is 23.9. The number of anilines is 1. The van der Waals surface area contributed by atoms with E-state index in [-0.39, 0.29) is 18.2 Å². The first-order valence-electron chi connectivity index (χ1n) is 10.3. The summed E-state index contributed by atoms with van der Waals surface area (Å²) >= 11 is 0. The third-order valence-electron chi connectivity index (χ3n) is 6.07. The molecule has 29 heavy (non-hydrogen) atoms. The van der Waals surface area contributed by atoms with E-state index in [2.05, 4.69) is 15.6 Å². The largest absolute Gasteiger partial charge is 0.393 e. The Balaban J connectivity index is 1.42. The van der Waals surface area contributed by atoms with Gasteiger partial charge in [-0.1, -0.05) is 30.3 Å². The topological polar surface area (TPSA) is 90.4 Å². The van der Waals surface area contributed by atoms with E-state index in [4.69, 9.17) is 4.98 Å². The number of carbonyl (C=O) groups excluding carboxylic acids is 1. The molecule has 0 atom stereocenters. The number of fused-ring (bicyclic) bond motifs is 1.